The highest BCUT2D eigenvalue weighted by Crippen LogP contribution is 2.30. The number of carbonyl (C=O) groups is 1. The van der Waals surface area contributed by atoms with E-state index in [1.54, 1.807) is 32.4 Å². The molecule has 1 saturated heterocycles. The Kier molecular flexibility index (Phi) is 4.84. The molecule has 1 amide bonds. The van der Waals surface area contributed by atoms with Gasteiger partial charge in [-0.15, -0.1) is 0 Å². The molecule has 0 aromatic heterocycles. The van der Waals surface area contributed by atoms with Crippen molar-refractivity contribution in [3.63, 3.8) is 0 Å². The van der Waals surface area contributed by atoms with Crippen molar-refractivity contribution in [2.45, 2.75) is 19.4 Å². The largest absolute Gasteiger partial charge is 0.493 e. The summed E-state index contributed by atoms with van der Waals surface area (Å²) >= 11 is 0. The quantitative estimate of drug-likeness (QED) is 0.875. The number of methoxy groups -OCH3 is 2. The number of carbonyl (C=O) groups excluding carboxylic acids is 1. The van der Waals surface area contributed by atoms with Gasteiger partial charge in [-0.2, -0.15) is 0 Å². The molecule has 1 aliphatic rings. The van der Waals surface area contributed by atoms with Crippen molar-refractivity contribution in [2.24, 2.45) is 5.92 Å². The maximum Gasteiger partial charge on any atom is 0.255 e. The summed E-state index contributed by atoms with van der Waals surface area (Å²) in [6, 6.07) is 5.47. The summed E-state index contributed by atoms with van der Waals surface area (Å²) in [7, 11) is 3.10. The van der Waals surface area contributed by atoms with Crippen LogP contribution in [0.5, 0.6) is 11.5 Å². The number of hydrogen-bond donors (Lipinski definition) is 2. The minimum atomic E-state index is -0.123. The molecule has 0 spiro atoms. The number of benzene rings is 1. The number of rotatable bonds is 4. The van der Waals surface area contributed by atoms with Crippen LogP contribution in [0.4, 0.5) is 0 Å². The minimum Gasteiger partial charge on any atom is -0.493 e. The lowest BCUT2D eigenvalue weighted by molar-refractivity contribution is 0.0921. The van der Waals surface area contributed by atoms with E-state index in [-0.39, 0.29) is 11.9 Å². The number of piperidine rings is 1. The van der Waals surface area contributed by atoms with Crippen molar-refractivity contribution in [2.75, 3.05) is 27.3 Å². The van der Waals surface area contributed by atoms with Gasteiger partial charge in [0, 0.05) is 12.6 Å². The molecule has 1 aliphatic heterocycles. The van der Waals surface area contributed by atoms with E-state index >= 15 is 0 Å². The van der Waals surface area contributed by atoms with E-state index < -0.39 is 0 Å². The molecule has 2 rings (SSSR count). The van der Waals surface area contributed by atoms with Gasteiger partial charge in [-0.25, -0.2) is 0 Å². The molecule has 0 bridgehead atoms. The van der Waals surface area contributed by atoms with Gasteiger partial charge in [-0.1, -0.05) is 13.0 Å². The highest BCUT2D eigenvalue weighted by molar-refractivity contribution is 5.98. The highest BCUT2D eigenvalue weighted by atomic mass is 16.5. The second-order valence-corrected chi connectivity index (χ2v) is 5.21. The minimum absolute atomic E-state index is 0.123. The summed E-state index contributed by atoms with van der Waals surface area (Å²) in [4.78, 5) is 12.4. The van der Waals surface area contributed by atoms with Gasteiger partial charge in [0.2, 0.25) is 0 Å². The maximum atomic E-state index is 12.4. The van der Waals surface area contributed by atoms with Gasteiger partial charge < -0.3 is 20.1 Å². The van der Waals surface area contributed by atoms with Crippen LogP contribution in [-0.4, -0.2) is 39.3 Å². The van der Waals surface area contributed by atoms with Crippen LogP contribution in [-0.2, 0) is 0 Å². The molecule has 20 heavy (non-hydrogen) atoms. The van der Waals surface area contributed by atoms with Crippen LogP contribution < -0.4 is 20.1 Å². The summed E-state index contributed by atoms with van der Waals surface area (Å²) in [5.41, 5.74) is 0.505. The molecule has 110 valence electrons. The molecule has 0 radical (unpaired) electrons. The van der Waals surface area contributed by atoms with Gasteiger partial charge in [-0.3, -0.25) is 4.79 Å². The Bertz CT molecular complexity index is 476. The lowest BCUT2D eigenvalue weighted by atomic mass is 9.97. The first-order chi connectivity index (χ1) is 9.65. The third kappa shape index (κ3) is 3.22. The Labute approximate surface area is 119 Å². The molecule has 0 saturated carbocycles. The lowest BCUT2D eigenvalue weighted by Gasteiger charge is -2.28. The van der Waals surface area contributed by atoms with Crippen molar-refractivity contribution >= 4 is 5.91 Å². The zero-order valence-corrected chi connectivity index (χ0v) is 12.2. The van der Waals surface area contributed by atoms with Gasteiger partial charge in [0.05, 0.1) is 19.8 Å². The van der Waals surface area contributed by atoms with Gasteiger partial charge in [0.15, 0.2) is 11.5 Å². The molecule has 1 aromatic carbocycles. The SMILES string of the molecule is COc1cccc(C(=O)NC2CNCC(C)C2)c1OC. The molecule has 5 nitrogen and oxygen atoms in total. The summed E-state index contributed by atoms with van der Waals surface area (Å²) in [6.07, 6.45) is 0.991. The monoisotopic (exact) mass is 278 g/mol. The van der Waals surface area contributed by atoms with E-state index in [1.165, 1.54) is 0 Å². The van der Waals surface area contributed by atoms with E-state index in [1.807, 2.05) is 0 Å². The standard InChI is InChI=1S/C15H22N2O3/c1-10-7-11(9-16-8-10)17-15(18)12-5-4-6-13(19-2)14(12)20-3/h4-6,10-11,16H,7-9H2,1-3H3,(H,17,18). The van der Waals surface area contributed by atoms with Crippen molar-refractivity contribution < 1.29 is 14.3 Å². The lowest BCUT2D eigenvalue weighted by Crippen LogP contribution is -2.48. The summed E-state index contributed by atoms with van der Waals surface area (Å²) in [5, 5.41) is 6.38. The maximum absolute atomic E-state index is 12.4. The molecule has 1 aromatic rings. The first-order valence-corrected chi connectivity index (χ1v) is 6.88. The second kappa shape index (κ2) is 6.61. The third-order valence-electron chi connectivity index (χ3n) is 3.55. The number of amides is 1. The van der Waals surface area contributed by atoms with Crippen molar-refractivity contribution in [3.05, 3.63) is 23.8 Å². The fraction of sp³-hybridized carbons (Fsp3) is 0.533. The fourth-order valence-corrected chi connectivity index (χ4v) is 2.60. The molecular weight excluding hydrogens is 256 g/mol. The Balaban J connectivity index is 2.12. The van der Waals surface area contributed by atoms with Crippen LogP contribution in [0.3, 0.4) is 0 Å². The summed E-state index contributed by atoms with van der Waals surface area (Å²) in [5.74, 6) is 1.49. The summed E-state index contributed by atoms with van der Waals surface area (Å²) < 4.78 is 10.5. The predicted molar refractivity (Wildman–Crippen MR) is 77.5 cm³/mol. The van der Waals surface area contributed by atoms with Crippen molar-refractivity contribution in [1.29, 1.82) is 0 Å². The molecule has 0 aliphatic carbocycles. The number of hydrogen-bond acceptors (Lipinski definition) is 4. The van der Waals surface area contributed by atoms with Crippen molar-refractivity contribution in [3.8, 4) is 11.5 Å². The van der Waals surface area contributed by atoms with Crippen LogP contribution in [0.15, 0.2) is 18.2 Å². The first-order valence-electron chi connectivity index (χ1n) is 6.88. The molecule has 2 atom stereocenters. The average Bonchev–Trinajstić information content (AvgIpc) is 2.46. The number of para-hydroxylation sites is 1. The zero-order valence-electron chi connectivity index (χ0n) is 12.2. The van der Waals surface area contributed by atoms with E-state index in [9.17, 15) is 4.79 Å². The first kappa shape index (κ1) is 14.7. The molecule has 2 unspecified atom stereocenters. The van der Waals surface area contributed by atoms with Gasteiger partial charge >= 0.3 is 0 Å². The Morgan fingerprint density at radius 3 is 2.75 bits per heavy atom. The van der Waals surface area contributed by atoms with Crippen molar-refractivity contribution in [1.82, 2.24) is 10.6 Å². The van der Waals surface area contributed by atoms with E-state index in [4.69, 9.17) is 9.47 Å². The van der Waals surface area contributed by atoms with Crippen LogP contribution in [0, 0.1) is 5.92 Å². The molecule has 1 fully saturated rings. The topological polar surface area (TPSA) is 59.6 Å². The number of ether oxygens (including phenoxy) is 2. The van der Waals surface area contributed by atoms with E-state index in [2.05, 4.69) is 17.6 Å². The Morgan fingerprint density at radius 1 is 1.30 bits per heavy atom. The van der Waals surface area contributed by atoms with Crippen LogP contribution in [0.2, 0.25) is 0 Å². The zero-order chi connectivity index (χ0) is 14.5. The number of nitrogens with one attached hydrogen (secondary N) is 2. The van der Waals surface area contributed by atoms with Crippen LogP contribution in [0.25, 0.3) is 0 Å². The van der Waals surface area contributed by atoms with Crippen LogP contribution >= 0.6 is 0 Å². The summed E-state index contributed by atoms with van der Waals surface area (Å²) in [6.45, 7) is 3.99. The van der Waals surface area contributed by atoms with Gasteiger partial charge in [-0.05, 0) is 31.0 Å². The van der Waals surface area contributed by atoms with Crippen LogP contribution in [0.1, 0.15) is 23.7 Å². The molecule has 2 N–H and O–H groups in total. The second-order valence-electron chi connectivity index (χ2n) is 5.21. The third-order valence-corrected chi connectivity index (χ3v) is 3.55. The average molecular weight is 278 g/mol. The highest BCUT2D eigenvalue weighted by Gasteiger charge is 2.23. The molecule has 5 heteroatoms. The van der Waals surface area contributed by atoms with Gasteiger partial charge in [0.25, 0.3) is 5.91 Å². The van der Waals surface area contributed by atoms with E-state index in [0.29, 0.717) is 23.0 Å². The van der Waals surface area contributed by atoms with E-state index in [0.717, 1.165) is 19.5 Å². The smallest absolute Gasteiger partial charge is 0.255 e. The molecule has 1 heterocycles. The fourth-order valence-electron chi connectivity index (χ4n) is 2.60. The Hall–Kier alpha value is -1.75. The predicted octanol–water partition coefficient (Wildman–Crippen LogP) is 1.43. The van der Waals surface area contributed by atoms with Gasteiger partial charge in [0.1, 0.15) is 0 Å². The Morgan fingerprint density at radius 2 is 2.10 bits per heavy atom. The molecular formula is C15H22N2O3. The normalized spacial score (nSPS) is 22.1.